The second kappa shape index (κ2) is 5.52. The molecule has 0 amide bonds. The summed E-state index contributed by atoms with van der Waals surface area (Å²) in [5, 5.41) is 14.2. The summed E-state index contributed by atoms with van der Waals surface area (Å²) in [4.78, 5) is 14.8. The zero-order valence-electron chi connectivity index (χ0n) is 11.3. The average molecular weight is 265 g/mol. The maximum atomic E-state index is 11.1. The lowest BCUT2D eigenvalue weighted by Gasteiger charge is -2.16. The van der Waals surface area contributed by atoms with Gasteiger partial charge in [-0.3, -0.25) is 10.1 Å². The Hall–Kier alpha value is -1.69. The van der Waals surface area contributed by atoms with Crippen molar-refractivity contribution in [3.8, 4) is 0 Å². The van der Waals surface area contributed by atoms with Gasteiger partial charge in [0.1, 0.15) is 0 Å². The molecule has 1 saturated carbocycles. The highest BCUT2D eigenvalue weighted by atomic mass is 16.6. The quantitative estimate of drug-likeness (QED) is 0.605. The molecule has 1 aliphatic rings. The van der Waals surface area contributed by atoms with Crippen LogP contribution in [0.15, 0.2) is 12.3 Å². The van der Waals surface area contributed by atoms with Crippen molar-refractivity contribution >= 4 is 11.5 Å². The van der Waals surface area contributed by atoms with Gasteiger partial charge >= 0.3 is 5.69 Å². The summed E-state index contributed by atoms with van der Waals surface area (Å²) >= 11 is 0. The number of ether oxygens (including phenoxy) is 1. The van der Waals surface area contributed by atoms with E-state index in [1.165, 1.54) is 0 Å². The number of aromatic nitrogens is 1. The van der Waals surface area contributed by atoms with Gasteiger partial charge in [-0.15, -0.1) is 0 Å². The Morgan fingerprint density at radius 3 is 2.89 bits per heavy atom. The molecule has 0 unspecified atom stereocenters. The van der Waals surface area contributed by atoms with Gasteiger partial charge in [-0.2, -0.15) is 0 Å². The fourth-order valence-corrected chi connectivity index (χ4v) is 2.19. The van der Waals surface area contributed by atoms with Crippen molar-refractivity contribution in [3.63, 3.8) is 0 Å². The standard InChI is InChI=1S/C13H19N3O3/c1-10-3-7-14-12(11(10)16(17)18)15-9-13(4-5-13)6-8-19-2/h3,7H,4-6,8-9H2,1-2H3,(H,14,15). The molecule has 19 heavy (non-hydrogen) atoms. The number of nitrogens with zero attached hydrogens (tertiary/aromatic N) is 2. The maximum absolute atomic E-state index is 11.1. The van der Waals surface area contributed by atoms with Gasteiger partial charge in [-0.1, -0.05) is 0 Å². The Kier molecular flexibility index (Phi) is 3.99. The second-order valence-electron chi connectivity index (χ2n) is 5.18. The second-order valence-corrected chi connectivity index (χ2v) is 5.18. The third kappa shape index (κ3) is 3.20. The lowest BCUT2D eigenvalue weighted by Crippen LogP contribution is -2.18. The van der Waals surface area contributed by atoms with E-state index in [4.69, 9.17) is 4.74 Å². The molecular formula is C13H19N3O3. The molecular weight excluding hydrogens is 246 g/mol. The van der Waals surface area contributed by atoms with Gasteiger partial charge in [0.25, 0.3) is 0 Å². The third-order valence-corrected chi connectivity index (χ3v) is 3.73. The molecule has 2 rings (SSSR count). The van der Waals surface area contributed by atoms with Gasteiger partial charge in [0.05, 0.1) is 4.92 Å². The van der Waals surface area contributed by atoms with Crippen molar-refractivity contribution in [2.75, 3.05) is 25.6 Å². The minimum atomic E-state index is -0.376. The largest absolute Gasteiger partial charge is 0.385 e. The molecule has 1 aliphatic carbocycles. The van der Waals surface area contributed by atoms with Crippen LogP contribution in [-0.2, 0) is 4.74 Å². The van der Waals surface area contributed by atoms with Gasteiger partial charge in [0.2, 0.25) is 5.82 Å². The van der Waals surface area contributed by atoms with E-state index >= 15 is 0 Å². The monoisotopic (exact) mass is 265 g/mol. The first kappa shape index (κ1) is 13.7. The Labute approximate surface area is 112 Å². The van der Waals surface area contributed by atoms with Crippen LogP contribution in [0, 0.1) is 22.5 Å². The fourth-order valence-electron chi connectivity index (χ4n) is 2.19. The molecule has 1 heterocycles. The first-order valence-corrected chi connectivity index (χ1v) is 6.41. The summed E-state index contributed by atoms with van der Waals surface area (Å²) < 4.78 is 5.10. The summed E-state index contributed by atoms with van der Waals surface area (Å²) in [5.41, 5.74) is 0.934. The highest BCUT2D eigenvalue weighted by Crippen LogP contribution is 2.48. The molecule has 1 fully saturated rings. The number of aryl methyl sites for hydroxylation is 1. The lowest BCUT2D eigenvalue weighted by atomic mass is 10.0. The predicted octanol–water partition coefficient (Wildman–Crippen LogP) is 2.53. The normalized spacial score (nSPS) is 16.1. The van der Waals surface area contributed by atoms with Gasteiger partial charge in [0, 0.05) is 32.0 Å². The van der Waals surface area contributed by atoms with E-state index in [-0.39, 0.29) is 16.0 Å². The van der Waals surface area contributed by atoms with Crippen molar-refractivity contribution in [2.24, 2.45) is 5.41 Å². The average Bonchev–Trinajstić information content (AvgIpc) is 3.14. The summed E-state index contributed by atoms with van der Waals surface area (Å²) in [5.74, 6) is 0.369. The van der Waals surface area contributed by atoms with Crippen molar-refractivity contribution in [3.05, 3.63) is 27.9 Å². The number of rotatable bonds is 7. The zero-order chi connectivity index (χ0) is 13.9. The van der Waals surface area contributed by atoms with Gasteiger partial charge < -0.3 is 10.1 Å². The first-order chi connectivity index (χ1) is 9.08. The summed E-state index contributed by atoms with van der Waals surface area (Å²) in [7, 11) is 1.69. The summed E-state index contributed by atoms with van der Waals surface area (Å²) in [6.07, 6.45) is 4.86. The number of pyridine rings is 1. The van der Waals surface area contributed by atoms with Gasteiger partial charge in [-0.25, -0.2) is 4.98 Å². The van der Waals surface area contributed by atoms with Gasteiger partial charge in [0.15, 0.2) is 0 Å². The number of hydrogen-bond donors (Lipinski definition) is 1. The predicted molar refractivity (Wildman–Crippen MR) is 72.3 cm³/mol. The summed E-state index contributed by atoms with van der Waals surface area (Å²) in [6, 6.07) is 1.65. The number of methoxy groups -OCH3 is 1. The fraction of sp³-hybridized carbons (Fsp3) is 0.615. The molecule has 0 atom stereocenters. The van der Waals surface area contributed by atoms with Gasteiger partial charge in [-0.05, 0) is 37.7 Å². The number of hydrogen-bond acceptors (Lipinski definition) is 5. The van der Waals surface area contributed by atoms with Crippen LogP contribution < -0.4 is 5.32 Å². The molecule has 1 N–H and O–H groups in total. The van der Waals surface area contributed by atoms with Crippen LogP contribution in [0.4, 0.5) is 11.5 Å². The molecule has 1 aromatic heterocycles. The smallest absolute Gasteiger partial charge is 0.314 e. The van der Waals surface area contributed by atoms with Crippen LogP contribution in [-0.4, -0.2) is 30.2 Å². The number of nitro groups is 1. The van der Waals surface area contributed by atoms with E-state index < -0.39 is 0 Å². The SMILES string of the molecule is COCCC1(CNc2nccc(C)c2[N+](=O)[O-])CC1. The van der Waals surface area contributed by atoms with Crippen LogP contribution in [0.2, 0.25) is 0 Å². The zero-order valence-corrected chi connectivity index (χ0v) is 11.3. The molecule has 0 aliphatic heterocycles. The van der Waals surface area contributed by atoms with Crippen LogP contribution in [0.5, 0.6) is 0 Å². The lowest BCUT2D eigenvalue weighted by molar-refractivity contribution is -0.384. The molecule has 6 heteroatoms. The first-order valence-electron chi connectivity index (χ1n) is 6.41. The summed E-state index contributed by atoms with van der Waals surface area (Å²) in [6.45, 7) is 3.17. The van der Waals surface area contributed by atoms with Crippen molar-refractivity contribution < 1.29 is 9.66 Å². The van der Waals surface area contributed by atoms with E-state index in [0.717, 1.165) is 25.9 Å². The Bertz CT molecular complexity index is 472. The molecule has 104 valence electrons. The van der Waals surface area contributed by atoms with E-state index in [1.807, 2.05) is 0 Å². The minimum Gasteiger partial charge on any atom is -0.385 e. The minimum absolute atomic E-state index is 0.0741. The van der Waals surface area contributed by atoms with Crippen LogP contribution in [0.25, 0.3) is 0 Å². The van der Waals surface area contributed by atoms with Crippen molar-refractivity contribution in [2.45, 2.75) is 26.2 Å². The van der Waals surface area contributed by atoms with Crippen LogP contribution in [0.1, 0.15) is 24.8 Å². The third-order valence-electron chi connectivity index (χ3n) is 3.73. The number of nitrogens with one attached hydrogen (secondary N) is 1. The van der Waals surface area contributed by atoms with Crippen molar-refractivity contribution in [1.82, 2.24) is 4.98 Å². The maximum Gasteiger partial charge on any atom is 0.314 e. The Morgan fingerprint density at radius 1 is 1.58 bits per heavy atom. The van der Waals surface area contributed by atoms with E-state index in [9.17, 15) is 10.1 Å². The highest BCUT2D eigenvalue weighted by molar-refractivity contribution is 5.59. The number of anilines is 1. The van der Waals surface area contributed by atoms with Crippen LogP contribution in [0.3, 0.4) is 0 Å². The molecule has 6 nitrogen and oxygen atoms in total. The molecule has 0 radical (unpaired) electrons. The van der Waals surface area contributed by atoms with E-state index in [0.29, 0.717) is 17.9 Å². The van der Waals surface area contributed by atoms with E-state index in [2.05, 4.69) is 10.3 Å². The highest BCUT2D eigenvalue weighted by Gasteiger charge is 2.42. The molecule has 0 bridgehead atoms. The molecule has 0 spiro atoms. The Balaban J connectivity index is 2.04. The molecule has 0 aromatic carbocycles. The topological polar surface area (TPSA) is 77.3 Å². The molecule has 0 saturated heterocycles. The molecule has 1 aromatic rings. The Morgan fingerprint density at radius 2 is 2.32 bits per heavy atom. The van der Waals surface area contributed by atoms with E-state index in [1.54, 1.807) is 26.3 Å². The van der Waals surface area contributed by atoms with Crippen LogP contribution >= 0.6 is 0 Å². The van der Waals surface area contributed by atoms with Crippen molar-refractivity contribution in [1.29, 1.82) is 0 Å².